The van der Waals surface area contributed by atoms with Gasteiger partial charge in [0, 0.05) is 38.4 Å². The maximum atomic E-state index is 13.1. The van der Waals surface area contributed by atoms with Crippen LogP contribution >= 0.6 is 22.9 Å². The number of anilines is 2. The summed E-state index contributed by atoms with van der Waals surface area (Å²) in [6.45, 7) is 2.83. The number of hydrogen-bond donors (Lipinski definition) is 3. The number of nitrogens with one attached hydrogen (secondary N) is 2. The molecule has 17 heteroatoms. The minimum absolute atomic E-state index is 0.0875. The van der Waals surface area contributed by atoms with Crippen molar-refractivity contribution in [2.75, 3.05) is 43.0 Å². The second kappa shape index (κ2) is 12.1. The van der Waals surface area contributed by atoms with Crippen LogP contribution in [0.25, 0.3) is 0 Å². The fraction of sp³-hybridized carbons (Fsp3) is 0.348. The molecular formula is C23H22ClF3N8O4S. The van der Waals surface area contributed by atoms with E-state index in [0.29, 0.717) is 43.1 Å². The Morgan fingerprint density at radius 3 is 2.48 bits per heavy atom. The van der Waals surface area contributed by atoms with Crippen molar-refractivity contribution < 1.29 is 32.7 Å². The number of amides is 3. The summed E-state index contributed by atoms with van der Waals surface area (Å²) in [6.07, 6.45) is -1.43. The molecule has 1 atom stereocenters. The van der Waals surface area contributed by atoms with Gasteiger partial charge in [0.05, 0.1) is 22.8 Å². The Kier molecular flexibility index (Phi) is 8.80. The Morgan fingerprint density at radius 2 is 1.80 bits per heavy atom. The van der Waals surface area contributed by atoms with Crippen LogP contribution in [0.5, 0.6) is 0 Å². The monoisotopic (exact) mass is 598 g/mol. The van der Waals surface area contributed by atoms with E-state index in [1.54, 1.807) is 11.8 Å². The van der Waals surface area contributed by atoms with E-state index >= 15 is 0 Å². The molecule has 0 aromatic carbocycles. The quantitative estimate of drug-likeness (QED) is 0.372. The molecule has 0 radical (unpaired) electrons. The van der Waals surface area contributed by atoms with Gasteiger partial charge in [-0.15, -0.1) is 11.3 Å². The summed E-state index contributed by atoms with van der Waals surface area (Å²) < 4.78 is 39.2. The lowest BCUT2D eigenvalue weighted by Crippen LogP contribution is -2.49. The first-order valence-electron chi connectivity index (χ1n) is 11.7. The normalized spacial score (nSPS) is 14.6. The van der Waals surface area contributed by atoms with Crippen molar-refractivity contribution in [3.05, 3.63) is 57.0 Å². The van der Waals surface area contributed by atoms with E-state index in [9.17, 15) is 27.6 Å². The van der Waals surface area contributed by atoms with Gasteiger partial charge >= 0.3 is 6.18 Å². The highest BCUT2D eigenvalue weighted by atomic mass is 35.5. The lowest BCUT2D eigenvalue weighted by molar-refractivity contribution is -0.137. The van der Waals surface area contributed by atoms with Crippen LogP contribution in [0.3, 0.4) is 0 Å². The Bertz CT molecular complexity index is 1410. The van der Waals surface area contributed by atoms with E-state index in [1.165, 1.54) is 18.6 Å². The molecule has 0 saturated carbocycles. The molecule has 1 aliphatic heterocycles. The number of aliphatic hydroxyl groups excluding tert-OH is 1. The summed E-state index contributed by atoms with van der Waals surface area (Å²) >= 11 is 6.50. The number of alkyl halides is 3. The first kappa shape index (κ1) is 29.1. The van der Waals surface area contributed by atoms with Crippen LogP contribution in [-0.2, 0) is 11.0 Å². The topological polar surface area (TPSA) is 154 Å². The first-order valence-corrected chi connectivity index (χ1v) is 12.9. The van der Waals surface area contributed by atoms with Gasteiger partial charge in [-0.3, -0.25) is 14.4 Å². The van der Waals surface area contributed by atoms with Gasteiger partial charge in [-0.05, 0) is 13.0 Å². The number of rotatable bonds is 7. The molecule has 3 amide bonds. The Hall–Kier alpha value is -3.89. The zero-order valence-corrected chi connectivity index (χ0v) is 22.3. The van der Waals surface area contributed by atoms with E-state index in [4.69, 9.17) is 16.7 Å². The van der Waals surface area contributed by atoms with Crippen LogP contribution in [0.4, 0.5) is 24.8 Å². The van der Waals surface area contributed by atoms with Crippen molar-refractivity contribution >= 4 is 52.3 Å². The number of aliphatic hydroxyl groups is 1. The zero-order chi connectivity index (χ0) is 29.0. The summed E-state index contributed by atoms with van der Waals surface area (Å²) in [5, 5.41) is 13.8. The molecule has 1 saturated heterocycles. The molecule has 3 N–H and O–H groups in total. The number of aromatic nitrogens is 4. The fourth-order valence-corrected chi connectivity index (χ4v) is 4.78. The number of carbonyl (C=O) groups is 3. The van der Waals surface area contributed by atoms with Crippen molar-refractivity contribution in [2.24, 2.45) is 0 Å². The molecule has 1 aliphatic rings. The summed E-state index contributed by atoms with van der Waals surface area (Å²) in [5.41, 5.74) is -1.04. The van der Waals surface area contributed by atoms with E-state index in [2.05, 4.69) is 30.6 Å². The van der Waals surface area contributed by atoms with Gasteiger partial charge in [0.1, 0.15) is 40.1 Å². The third-order valence-electron chi connectivity index (χ3n) is 5.84. The Labute approximate surface area is 234 Å². The number of thiazole rings is 1. The van der Waals surface area contributed by atoms with Crippen molar-refractivity contribution in [2.45, 2.75) is 19.1 Å². The molecule has 212 valence electrons. The molecular weight excluding hydrogens is 577 g/mol. The summed E-state index contributed by atoms with van der Waals surface area (Å²) in [4.78, 5) is 56.7. The van der Waals surface area contributed by atoms with Crippen molar-refractivity contribution in [1.29, 1.82) is 0 Å². The van der Waals surface area contributed by atoms with Crippen LogP contribution in [-0.4, -0.2) is 80.4 Å². The average Bonchev–Trinajstić information content (AvgIpc) is 3.44. The standard InChI is InChI=1S/C23H22ClF3N8O4S/c1-12(22-29-9-16(40-22)21(39)33-17-6-13(23(25,26)27)14(24)8-28-17)32-20(38)15-7-18(31-11-30-15)34-2-4-35(5-3-34)19(37)10-36/h6-9,11-12,36H,2-5,10H2,1H3,(H,32,38)(H,28,33,39). The van der Waals surface area contributed by atoms with Gasteiger partial charge in [-0.25, -0.2) is 19.9 Å². The molecule has 0 spiro atoms. The van der Waals surface area contributed by atoms with Gasteiger partial charge in [0.2, 0.25) is 5.91 Å². The minimum Gasteiger partial charge on any atom is -0.387 e. The van der Waals surface area contributed by atoms with Gasteiger partial charge in [-0.2, -0.15) is 13.2 Å². The molecule has 12 nitrogen and oxygen atoms in total. The number of halogens is 4. The van der Waals surface area contributed by atoms with E-state index in [1.807, 2.05) is 4.90 Å². The minimum atomic E-state index is -4.72. The number of hydrogen-bond acceptors (Lipinski definition) is 10. The third-order valence-corrected chi connectivity index (χ3v) is 7.32. The molecule has 40 heavy (non-hydrogen) atoms. The van der Waals surface area contributed by atoms with E-state index < -0.39 is 41.2 Å². The van der Waals surface area contributed by atoms with Gasteiger partial charge in [0.25, 0.3) is 11.8 Å². The molecule has 1 fully saturated rings. The smallest absolute Gasteiger partial charge is 0.387 e. The Balaban J connectivity index is 1.37. The van der Waals surface area contributed by atoms with E-state index in [-0.39, 0.29) is 22.3 Å². The zero-order valence-electron chi connectivity index (χ0n) is 20.8. The number of pyridine rings is 1. The second-order valence-electron chi connectivity index (χ2n) is 8.55. The maximum Gasteiger partial charge on any atom is 0.418 e. The van der Waals surface area contributed by atoms with Crippen LogP contribution < -0.4 is 15.5 Å². The highest BCUT2D eigenvalue weighted by Gasteiger charge is 2.34. The maximum absolute atomic E-state index is 13.1. The molecule has 1 unspecified atom stereocenters. The SMILES string of the molecule is CC(NC(=O)c1cc(N2CCN(C(=O)CO)CC2)ncn1)c1ncc(C(=O)Nc2cc(C(F)(F)F)c(Cl)cn2)s1. The van der Waals surface area contributed by atoms with Crippen LogP contribution in [0.1, 0.15) is 43.7 Å². The third kappa shape index (κ3) is 6.81. The molecule has 0 aliphatic carbocycles. The average molecular weight is 599 g/mol. The van der Waals surface area contributed by atoms with Crippen LogP contribution in [0.2, 0.25) is 5.02 Å². The summed E-state index contributed by atoms with van der Waals surface area (Å²) in [5.74, 6) is -1.43. The second-order valence-corrected chi connectivity index (χ2v) is 10.0. The number of nitrogens with zero attached hydrogens (tertiary/aromatic N) is 6. The van der Waals surface area contributed by atoms with Crippen molar-refractivity contribution in [3.8, 4) is 0 Å². The predicted octanol–water partition coefficient (Wildman–Crippen LogP) is 2.38. The van der Waals surface area contributed by atoms with Crippen LogP contribution in [0.15, 0.2) is 30.9 Å². The van der Waals surface area contributed by atoms with Crippen molar-refractivity contribution in [1.82, 2.24) is 30.2 Å². The van der Waals surface area contributed by atoms with E-state index in [0.717, 1.165) is 17.5 Å². The number of carbonyl (C=O) groups excluding carboxylic acids is 3. The number of piperazine rings is 1. The summed E-state index contributed by atoms with van der Waals surface area (Å²) in [7, 11) is 0. The lowest BCUT2D eigenvalue weighted by Gasteiger charge is -2.35. The highest BCUT2D eigenvalue weighted by molar-refractivity contribution is 7.13. The fourth-order valence-electron chi connectivity index (χ4n) is 3.76. The summed E-state index contributed by atoms with van der Waals surface area (Å²) in [6, 6.07) is 1.52. The first-order chi connectivity index (χ1) is 19.0. The van der Waals surface area contributed by atoms with Gasteiger partial charge in [0.15, 0.2) is 0 Å². The lowest BCUT2D eigenvalue weighted by atomic mass is 10.2. The Morgan fingerprint density at radius 1 is 1.07 bits per heavy atom. The molecule has 4 heterocycles. The van der Waals surface area contributed by atoms with Crippen LogP contribution in [0, 0.1) is 0 Å². The van der Waals surface area contributed by atoms with Crippen molar-refractivity contribution in [3.63, 3.8) is 0 Å². The molecule has 4 rings (SSSR count). The molecule has 3 aromatic heterocycles. The van der Waals surface area contributed by atoms with Gasteiger partial charge in [-0.1, -0.05) is 11.6 Å². The molecule has 0 bridgehead atoms. The largest absolute Gasteiger partial charge is 0.418 e. The highest BCUT2D eigenvalue weighted by Crippen LogP contribution is 2.35. The molecule has 3 aromatic rings. The predicted molar refractivity (Wildman–Crippen MR) is 138 cm³/mol. The van der Waals surface area contributed by atoms with Gasteiger partial charge < -0.3 is 25.5 Å².